The van der Waals surface area contributed by atoms with Crippen molar-refractivity contribution in [3.8, 4) is 11.5 Å². The van der Waals surface area contributed by atoms with Crippen molar-refractivity contribution in [1.29, 1.82) is 0 Å². The number of amides is 3. The van der Waals surface area contributed by atoms with Crippen LogP contribution in [0, 0.1) is 6.92 Å². The quantitative estimate of drug-likeness (QED) is 0.690. The third kappa shape index (κ3) is 4.30. The van der Waals surface area contributed by atoms with Crippen molar-refractivity contribution in [2.75, 3.05) is 19.5 Å². The van der Waals surface area contributed by atoms with E-state index in [0.29, 0.717) is 39.0 Å². The molecule has 0 radical (unpaired) electrons. The van der Waals surface area contributed by atoms with E-state index >= 15 is 0 Å². The van der Waals surface area contributed by atoms with Gasteiger partial charge in [0.15, 0.2) is 11.5 Å². The highest BCUT2D eigenvalue weighted by Gasteiger charge is 2.32. The normalized spacial score (nSPS) is 16.0. The fourth-order valence-corrected chi connectivity index (χ4v) is 3.37. The van der Waals surface area contributed by atoms with Crippen LogP contribution in [0.4, 0.5) is 10.5 Å². The summed E-state index contributed by atoms with van der Waals surface area (Å²) in [6, 6.07) is 9.46. The van der Waals surface area contributed by atoms with Crippen molar-refractivity contribution < 1.29 is 19.1 Å². The Labute approximate surface area is 174 Å². The van der Waals surface area contributed by atoms with Gasteiger partial charge in [-0.1, -0.05) is 23.7 Å². The molecule has 1 atom stereocenters. The maximum absolute atomic E-state index is 13.2. The van der Waals surface area contributed by atoms with Crippen LogP contribution in [0.5, 0.6) is 11.5 Å². The van der Waals surface area contributed by atoms with Crippen molar-refractivity contribution in [3.63, 3.8) is 0 Å². The smallest absolute Gasteiger partial charge is 0.319 e. The Morgan fingerprint density at radius 1 is 1.07 bits per heavy atom. The van der Waals surface area contributed by atoms with Gasteiger partial charge >= 0.3 is 6.03 Å². The van der Waals surface area contributed by atoms with E-state index in [0.717, 1.165) is 5.56 Å². The van der Waals surface area contributed by atoms with E-state index in [1.54, 1.807) is 44.4 Å². The minimum absolute atomic E-state index is 0.347. The van der Waals surface area contributed by atoms with E-state index in [9.17, 15) is 9.59 Å². The molecule has 0 spiro atoms. The van der Waals surface area contributed by atoms with Crippen LogP contribution in [-0.4, -0.2) is 26.2 Å². The van der Waals surface area contributed by atoms with Crippen LogP contribution < -0.4 is 25.4 Å². The number of ether oxygens (including phenoxy) is 2. The SMILES string of the molecule is COc1ccc([C@@H]2NC(=O)NC(C)=C2C(=O)Nc2cc(Cl)ccc2C)cc1OC. The third-order valence-electron chi connectivity index (χ3n) is 4.70. The van der Waals surface area contributed by atoms with Crippen LogP contribution in [-0.2, 0) is 4.79 Å². The number of anilines is 1. The first kappa shape index (κ1) is 20.5. The molecule has 7 nitrogen and oxygen atoms in total. The van der Waals surface area contributed by atoms with Gasteiger partial charge < -0.3 is 25.4 Å². The zero-order chi connectivity index (χ0) is 21.1. The summed E-state index contributed by atoms with van der Waals surface area (Å²) in [6.07, 6.45) is 0. The molecule has 1 aliphatic heterocycles. The second-order valence-corrected chi connectivity index (χ2v) is 7.03. The minimum Gasteiger partial charge on any atom is -0.493 e. The number of hydrogen-bond donors (Lipinski definition) is 3. The summed E-state index contributed by atoms with van der Waals surface area (Å²) in [5.74, 6) is 0.707. The number of carbonyl (C=O) groups excluding carboxylic acids is 2. The van der Waals surface area contributed by atoms with Gasteiger partial charge in [-0.25, -0.2) is 4.79 Å². The molecule has 0 saturated carbocycles. The van der Waals surface area contributed by atoms with Gasteiger partial charge in [0.1, 0.15) is 0 Å². The van der Waals surface area contributed by atoms with Crippen molar-refractivity contribution in [3.05, 3.63) is 63.8 Å². The number of halogens is 1. The average molecular weight is 416 g/mol. The summed E-state index contributed by atoms with van der Waals surface area (Å²) in [6.45, 7) is 3.56. The number of rotatable bonds is 5. The molecule has 8 heteroatoms. The zero-order valence-corrected chi connectivity index (χ0v) is 17.3. The van der Waals surface area contributed by atoms with Crippen molar-refractivity contribution >= 4 is 29.2 Å². The fraction of sp³-hybridized carbons (Fsp3) is 0.238. The fourth-order valence-electron chi connectivity index (χ4n) is 3.20. The maximum Gasteiger partial charge on any atom is 0.319 e. The molecule has 1 heterocycles. The Morgan fingerprint density at radius 2 is 1.79 bits per heavy atom. The molecule has 2 aromatic carbocycles. The first-order valence-electron chi connectivity index (χ1n) is 8.91. The molecule has 152 valence electrons. The predicted octanol–water partition coefficient (Wildman–Crippen LogP) is 3.93. The Morgan fingerprint density at radius 3 is 2.48 bits per heavy atom. The van der Waals surface area contributed by atoms with Gasteiger partial charge in [-0.15, -0.1) is 0 Å². The van der Waals surface area contributed by atoms with E-state index in [-0.39, 0.29) is 5.91 Å². The van der Waals surface area contributed by atoms with Gasteiger partial charge in [-0.05, 0) is 49.2 Å². The molecule has 2 aromatic rings. The van der Waals surface area contributed by atoms with Crippen molar-refractivity contribution in [1.82, 2.24) is 10.6 Å². The summed E-state index contributed by atoms with van der Waals surface area (Å²) in [4.78, 5) is 25.2. The van der Waals surface area contributed by atoms with Crippen molar-refractivity contribution in [2.24, 2.45) is 0 Å². The summed E-state index contributed by atoms with van der Waals surface area (Å²) in [5, 5.41) is 8.87. The standard InChI is InChI=1S/C21H22ClN3O4/c1-11-5-7-14(22)10-15(11)24-20(26)18-12(2)23-21(27)25-19(18)13-6-8-16(28-3)17(9-13)29-4/h5-10,19H,1-4H3,(H,24,26)(H2,23,25,27)/t19-/m0/s1. The number of nitrogens with one attached hydrogen (secondary N) is 3. The van der Waals surface area contributed by atoms with Crippen molar-refractivity contribution in [2.45, 2.75) is 19.9 Å². The molecule has 0 saturated heterocycles. The van der Waals surface area contributed by atoms with Crippen LogP contribution >= 0.6 is 11.6 Å². The van der Waals surface area contributed by atoms with Gasteiger partial charge in [0, 0.05) is 16.4 Å². The Balaban J connectivity index is 2.00. The van der Waals surface area contributed by atoms with Crippen LogP contribution in [0.1, 0.15) is 24.1 Å². The maximum atomic E-state index is 13.2. The van der Waals surface area contributed by atoms with E-state index in [2.05, 4.69) is 16.0 Å². The second kappa shape index (κ2) is 8.45. The van der Waals surface area contributed by atoms with E-state index in [1.165, 1.54) is 7.11 Å². The Kier molecular flexibility index (Phi) is 5.98. The molecule has 1 aliphatic rings. The van der Waals surface area contributed by atoms with Gasteiger partial charge in [-0.3, -0.25) is 4.79 Å². The number of methoxy groups -OCH3 is 2. The van der Waals surface area contributed by atoms with Gasteiger partial charge in [-0.2, -0.15) is 0 Å². The minimum atomic E-state index is -0.664. The molecular weight excluding hydrogens is 394 g/mol. The summed E-state index contributed by atoms with van der Waals surface area (Å²) in [5.41, 5.74) is 3.01. The lowest BCUT2D eigenvalue weighted by atomic mass is 9.94. The molecule has 3 amide bonds. The largest absolute Gasteiger partial charge is 0.493 e. The number of allylic oxidation sites excluding steroid dienone is 1. The van der Waals surface area contributed by atoms with Crippen LogP contribution in [0.25, 0.3) is 0 Å². The molecule has 3 N–H and O–H groups in total. The summed E-state index contributed by atoms with van der Waals surface area (Å²) in [7, 11) is 3.07. The number of hydrogen-bond acceptors (Lipinski definition) is 4. The highest BCUT2D eigenvalue weighted by Crippen LogP contribution is 2.34. The average Bonchev–Trinajstić information content (AvgIpc) is 2.69. The first-order valence-corrected chi connectivity index (χ1v) is 9.29. The molecular formula is C21H22ClN3O4. The Bertz CT molecular complexity index is 1000. The molecule has 0 bridgehead atoms. The number of aryl methyl sites for hydroxylation is 1. The lowest BCUT2D eigenvalue weighted by molar-refractivity contribution is -0.113. The number of benzene rings is 2. The third-order valence-corrected chi connectivity index (χ3v) is 4.94. The van der Waals surface area contributed by atoms with Crippen LogP contribution in [0.15, 0.2) is 47.7 Å². The molecule has 3 rings (SSSR count). The lowest BCUT2D eigenvalue weighted by Crippen LogP contribution is -2.46. The second-order valence-electron chi connectivity index (χ2n) is 6.60. The highest BCUT2D eigenvalue weighted by molar-refractivity contribution is 6.31. The highest BCUT2D eigenvalue weighted by atomic mass is 35.5. The van der Waals surface area contributed by atoms with E-state index in [1.807, 2.05) is 13.0 Å². The number of carbonyl (C=O) groups is 2. The monoisotopic (exact) mass is 415 g/mol. The van der Waals surface area contributed by atoms with Gasteiger partial charge in [0.05, 0.1) is 25.8 Å². The summed E-state index contributed by atoms with van der Waals surface area (Å²) < 4.78 is 10.6. The summed E-state index contributed by atoms with van der Waals surface area (Å²) >= 11 is 6.06. The molecule has 0 aromatic heterocycles. The molecule has 0 unspecified atom stereocenters. The van der Waals surface area contributed by atoms with Gasteiger partial charge in [0.25, 0.3) is 5.91 Å². The first-order chi connectivity index (χ1) is 13.8. The molecule has 0 aliphatic carbocycles. The number of urea groups is 1. The van der Waals surface area contributed by atoms with Crippen LogP contribution in [0.2, 0.25) is 5.02 Å². The predicted molar refractivity (Wildman–Crippen MR) is 111 cm³/mol. The van der Waals surface area contributed by atoms with E-state index < -0.39 is 12.1 Å². The van der Waals surface area contributed by atoms with Crippen LogP contribution in [0.3, 0.4) is 0 Å². The molecule has 29 heavy (non-hydrogen) atoms. The Hall–Kier alpha value is -3.19. The van der Waals surface area contributed by atoms with E-state index in [4.69, 9.17) is 21.1 Å². The zero-order valence-electron chi connectivity index (χ0n) is 16.6. The lowest BCUT2D eigenvalue weighted by Gasteiger charge is -2.29. The topological polar surface area (TPSA) is 88.7 Å². The van der Waals surface area contributed by atoms with Gasteiger partial charge in [0.2, 0.25) is 0 Å². The molecule has 0 fully saturated rings.